The molecular formula is C19H16F5N5O2. The molecular weight excluding hydrogens is 425 g/mol. The molecule has 0 bridgehead atoms. The van der Waals surface area contributed by atoms with Crippen LogP contribution >= 0.6 is 0 Å². The number of nitrogens with zero attached hydrogens (tertiary/aromatic N) is 5. The molecule has 0 saturated carbocycles. The normalized spacial score (nSPS) is 13.9. The van der Waals surface area contributed by atoms with Crippen LogP contribution in [0, 0.1) is 0 Å². The lowest BCUT2D eigenvalue weighted by Crippen LogP contribution is -2.34. The molecule has 0 N–H and O–H groups in total. The first kappa shape index (κ1) is 21.1. The number of hydrogen-bond donors (Lipinski definition) is 0. The number of halogens is 5. The minimum absolute atomic E-state index is 0.0716. The molecule has 0 spiro atoms. The fourth-order valence-electron chi connectivity index (χ4n) is 3.31. The summed E-state index contributed by atoms with van der Waals surface area (Å²) in [5, 5.41) is 7.71. The summed E-state index contributed by atoms with van der Waals surface area (Å²) in [4.78, 5) is 7.98. The van der Waals surface area contributed by atoms with Crippen molar-refractivity contribution in [3.05, 3.63) is 42.0 Å². The molecule has 0 radical (unpaired) electrons. The molecule has 4 rings (SSSR count). The Morgan fingerprint density at radius 3 is 2.58 bits per heavy atom. The molecule has 0 aromatic carbocycles. The molecule has 1 atom stereocenters. The molecule has 0 aliphatic rings. The van der Waals surface area contributed by atoms with Crippen LogP contribution in [0.1, 0.15) is 30.5 Å². The van der Waals surface area contributed by atoms with Gasteiger partial charge in [0.25, 0.3) is 5.89 Å². The van der Waals surface area contributed by atoms with Gasteiger partial charge in [-0.25, -0.2) is 9.97 Å². The van der Waals surface area contributed by atoms with Crippen molar-refractivity contribution in [2.24, 2.45) is 0 Å². The first-order valence-corrected chi connectivity index (χ1v) is 9.16. The molecule has 0 aliphatic carbocycles. The van der Waals surface area contributed by atoms with E-state index in [1.807, 2.05) is 0 Å². The van der Waals surface area contributed by atoms with Gasteiger partial charge in [0.2, 0.25) is 6.39 Å². The third-order valence-electron chi connectivity index (χ3n) is 4.97. The summed E-state index contributed by atoms with van der Waals surface area (Å²) in [6.45, 7) is 2.04. The number of fused-ring (bicyclic) bond motifs is 3. The molecule has 164 valence electrons. The van der Waals surface area contributed by atoms with E-state index in [2.05, 4.69) is 20.2 Å². The van der Waals surface area contributed by atoms with E-state index < -0.39 is 17.8 Å². The maximum atomic E-state index is 14.2. The summed E-state index contributed by atoms with van der Waals surface area (Å²) in [6, 6.07) is 4.02. The van der Waals surface area contributed by atoms with Crippen molar-refractivity contribution in [3.8, 4) is 11.6 Å². The van der Waals surface area contributed by atoms with Gasteiger partial charge in [0.15, 0.2) is 0 Å². The maximum Gasteiger partial charge on any atom is 0.459 e. The van der Waals surface area contributed by atoms with Gasteiger partial charge in [-0.05, 0) is 36.1 Å². The van der Waals surface area contributed by atoms with Crippen molar-refractivity contribution in [2.45, 2.75) is 31.4 Å². The van der Waals surface area contributed by atoms with Gasteiger partial charge in [-0.3, -0.25) is 4.40 Å². The van der Waals surface area contributed by atoms with Gasteiger partial charge in [0, 0.05) is 25.3 Å². The zero-order valence-corrected chi connectivity index (χ0v) is 16.3. The highest BCUT2D eigenvalue weighted by molar-refractivity contribution is 5.83. The van der Waals surface area contributed by atoms with Crippen LogP contribution in [0.3, 0.4) is 0 Å². The monoisotopic (exact) mass is 441 g/mol. The summed E-state index contributed by atoms with van der Waals surface area (Å²) >= 11 is 0. The topological polar surface area (TPSA) is 78.3 Å². The van der Waals surface area contributed by atoms with Crippen molar-refractivity contribution in [3.63, 3.8) is 0 Å². The summed E-state index contributed by atoms with van der Waals surface area (Å²) in [7, 11) is 1.48. The standard InChI is InChI=1S/C19H16F5N5O2/c1-10(5-6-30-2)12-7-14(18(20,21)19(22,23)24)27-16-11(12)3-4-15-26-13(8-29(15)16)17-28-25-9-31-17/h3-4,7-10H,5-6H2,1-2H3. The summed E-state index contributed by atoms with van der Waals surface area (Å²) in [6.07, 6.45) is -2.88. The van der Waals surface area contributed by atoms with E-state index in [0.29, 0.717) is 24.0 Å². The van der Waals surface area contributed by atoms with Crippen LogP contribution in [-0.4, -0.2) is 44.5 Å². The Labute approximate surface area is 171 Å². The average Bonchev–Trinajstić information content (AvgIpc) is 3.39. The van der Waals surface area contributed by atoms with Crippen molar-refractivity contribution < 1.29 is 31.1 Å². The van der Waals surface area contributed by atoms with Gasteiger partial charge in [0.05, 0.1) is 0 Å². The van der Waals surface area contributed by atoms with Gasteiger partial charge < -0.3 is 9.15 Å². The molecule has 0 amide bonds. The Bertz CT molecular complexity index is 1220. The van der Waals surface area contributed by atoms with E-state index in [1.165, 1.54) is 17.7 Å². The molecule has 0 aliphatic heterocycles. The molecule has 0 saturated heterocycles. The molecule has 0 fully saturated rings. The molecule has 31 heavy (non-hydrogen) atoms. The second-order valence-electron chi connectivity index (χ2n) is 7.02. The zero-order chi connectivity index (χ0) is 22.4. The molecule has 4 aromatic rings. The second-order valence-corrected chi connectivity index (χ2v) is 7.02. The van der Waals surface area contributed by atoms with Crippen molar-refractivity contribution in [2.75, 3.05) is 13.7 Å². The number of alkyl halides is 5. The molecule has 1 unspecified atom stereocenters. The predicted octanol–water partition coefficient (Wildman–Crippen LogP) is 4.73. The Hall–Kier alpha value is -3.15. The number of rotatable bonds is 6. The SMILES string of the molecule is COCCC(C)c1cc(C(F)(F)C(F)(F)F)nc2c1ccc1nc(-c3nnco3)cn12. The highest BCUT2D eigenvalue weighted by atomic mass is 19.4. The van der Waals surface area contributed by atoms with E-state index in [1.54, 1.807) is 19.1 Å². The Balaban J connectivity index is 1.99. The number of pyridine rings is 2. The fraction of sp³-hybridized carbons (Fsp3) is 0.368. The minimum atomic E-state index is -5.79. The van der Waals surface area contributed by atoms with Crippen LogP contribution in [-0.2, 0) is 10.7 Å². The minimum Gasteiger partial charge on any atom is -0.422 e. The Kier molecular flexibility index (Phi) is 5.12. The van der Waals surface area contributed by atoms with E-state index in [-0.39, 0.29) is 28.8 Å². The van der Waals surface area contributed by atoms with E-state index >= 15 is 0 Å². The smallest absolute Gasteiger partial charge is 0.422 e. The molecule has 12 heteroatoms. The van der Waals surface area contributed by atoms with Crippen LogP contribution in [0.5, 0.6) is 0 Å². The quantitative estimate of drug-likeness (QED) is 0.403. The van der Waals surface area contributed by atoms with Crippen LogP contribution in [0.4, 0.5) is 22.0 Å². The first-order chi connectivity index (χ1) is 14.6. The van der Waals surface area contributed by atoms with Crippen molar-refractivity contribution in [1.29, 1.82) is 0 Å². The lowest BCUT2D eigenvalue weighted by Gasteiger charge is -2.22. The third kappa shape index (κ3) is 3.60. The lowest BCUT2D eigenvalue weighted by atomic mass is 9.94. The fourth-order valence-corrected chi connectivity index (χ4v) is 3.31. The summed E-state index contributed by atoms with van der Waals surface area (Å²) < 4.78 is 79.2. The maximum absolute atomic E-state index is 14.2. The van der Waals surface area contributed by atoms with E-state index in [4.69, 9.17) is 9.15 Å². The van der Waals surface area contributed by atoms with Crippen LogP contribution in [0.2, 0.25) is 0 Å². The zero-order valence-electron chi connectivity index (χ0n) is 16.3. The predicted molar refractivity (Wildman–Crippen MR) is 98.6 cm³/mol. The molecule has 7 nitrogen and oxygen atoms in total. The third-order valence-corrected chi connectivity index (χ3v) is 4.97. The largest absolute Gasteiger partial charge is 0.459 e. The summed E-state index contributed by atoms with van der Waals surface area (Å²) in [5.41, 5.74) is -0.662. The lowest BCUT2D eigenvalue weighted by molar-refractivity contribution is -0.290. The number of methoxy groups -OCH3 is 1. The Morgan fingerprint density at radius 2 is 1.94 bits per heavy atom. The number of ether oxygens (including phenoxy) is 1. The number of imidazole rings is 1. The number of hydrogen-bond acceptors (Lipinski definition) is 6. The van der Waals surface area contributed by atoms with E-state index in [9.17, 15) is 22.0 Å². The van der Waals surface area contributed by atoms with Crippen molar-refractivity contribution >= 4 is 16.7 Å². The summed E-state index contributed by atoms with van der Waals surface area (Å²) in [5.74, 6) is -5.43. The van der Waals surface area contributed by atoms with Gasteiger partial charge >= 0.3 is 12.1 Å². The highest BCUT2D eigenvalue weighted by Gasteiger charge is 2.60. The van der Waals surface area contributed by atoms with Gasteiger partial charge in [-0.1, -0.05) is 6.92 Å². The Morgan fingerprint density at radius 1 is 1.16 bits per heavy atom. The second kappa shape index (κ2) is 7.52. The van der Waals surface area contributed by atoms with Crippen molar-refractivity contribution in [1.82, 2.24) is 24.6 Å². The van der Waals surface area contributed by atoms with Gasteiger partial charge in [-0.15, -0.1) is 10.2 Å². The molecule has 4 heterocycles. The molecule has 4 aromatic heterocycles. The van der Waals surface area contributed by atoms with Gasteiger partial charge in [-0.2, -0.15) is 22.0 Å². The van der Waals surface area contributed by atoms with E-state index in [0.717, 1.165) is 12.5 Å². The van der Waals surface area contributed by atoms with Crippen LogP contribution < -0.4 is 0 Å². The number of aromatic nitrogens is 5. The van der Waals surface area contributed by atoms with Crippen LogP contribution in [0.25, 0.3) is 28.3 Å². The first-order valence-electron chi connectivity index (χ1n) is 9.16. The van der Waals surface area contributed by atoms with Gasteiger partial charge in [0.1, 0.15) is 22.7 Å². The van der Waals surface area contributed by atoms with Crippen LogP contribution in [0.15, 0.2) is 35.2 Å². The highest BCUT2D eigenvalue weighted by Crippen LogP contribution is 2.44. The average molecular weight is 441 g/mol.